The minimum atomic E-state index is -4.67. The van der Waals surface area contributed by atoms with Gasteiger partial charge >= 0.3 is 16.4 Å². The minimum Gasteiger partial charge on any atom is -0.508 e. The van der Waals surface area contributed by atoms with Crippen molar-refractivity contribution < 1.29 is 37.0 Å². The molecule has 1 atom stereocenters. The Hall–Kier alpha value is -1.72. The first-order valence-electron chi connectivity index (χ1n) is 12.6. The normalized spacial score (nSPS) is 12.1. The SMILES string of the molecule is CCCC[N+](CCCC)(CCCC)CCCC.NC(Cc1ccc(O)cc1)C(=O)O.O=S(=O)(O)O. The van der Waals surface area contributed by atoms with Crippen LogP contribution in [0.2, 0.25) is 0 Å². The average Bonchev–Trinajstić information content (AvgIpc) is 2.79. The van der Waals surface area contributed by atoms with Gasteiger partial charge in [-0.15, -0.1) is 0 Å². The molecule has 1 aromatic rings. The zero-order chi connectivity index (χ0) is 27.3. The summed E-state index contributed by atoms with van der Waals surface area (Å²) >= 11 is 0. The van der Waals surface area contributed by atoms with E-state index in [1.165, 1.54) is 94.2 Å². The summed E-state index contributed by atoms with van der Waals surface area (Å²) in [6, 6.07) is 5.42. The van der Waals surface area contributed by atoms with Crippen LogP contribution in [0.15, 0.2) is 24.3 Å². The molecule has 0 spiro atoms. The summed E-state index contributed by atoms with van der Waals surface area (Å²) in [4.78, 5) is 10.4. The molecule has 9 nitrogen and oxygen atoms in total. The number of nitrogens with zero attached hydrogens (tertiary/aromatic N) is 1. The smallest absolute Gasteiger partial charge is 0.394 e. The average molecular weight is 522 g/mol. The van der Waals surface area contributed by atoms with E-state index < -0.39 is 22.4 Å². The van der Waals surface area contributed by atoms with Crippen LogP contribution in [-0.4, -0.2) is 70.4 Å². The molecule has 1 unspecified atom stereocenters. The monoisotopic (exact) mass is 521 g/mol. The van der Waals surface area contributed by atoms with E-state index in [4.69, 9.17) is 33.5 Å². The number of unbranched alkanes of at least 4 members (excludes halogenated alkanes) is 4. The van der Waals surface area contributed by atoms with E-state index in [1.54, 1.807) is 12.1 Å². The number of hydrogen-bond donors (Lipinski definition) is 5. The van der Waals surface area contributed by atoms with E-state index in [1.807, 2.05) is 0 Å². The molecular weight excluding hydrogens is 472 g/mol. The molecule has 0 aromatic heterocycles. The van der Waals surface area contributed by atoms with Crippen LogP contribution in [0.25, 0.3) is 0 Å². The van der Waals surface area contributed by atoms with Gasteiger partial charge in [-0.05, 0) is 49.8 Å². The largest absolute Gasteiger partial charge is 0.508 e. The number of nitrogens with two attached hydrogens (primary N) is 1. The van der Waals surface area contributed by atoms with Gasteiger partial charge in [-0.3, -0.25) is 13.9 Å². The fraction of sp³-hybridized carbons (Fsp3) is 0.720. The number of carboxylic acids is 1. The summed E-state index contributed by atoms with van der Waals surface area (Å²) in [5, 5.41) is 17.5. The molecule has 0 saturated heterocycles. The maximum atomic E-state index is 10.4. The Morgan fingerprint density at radius 1 is 0.829 bits per heavy atom. The molecule has 6 N–H and O–H groups in total. The van der Waals surface area contributed by atoms with Crippen molar-refractivity contribution in [1.29, 1.82) is 0 Å². The first-order chi connectivity index (χ1) is 16.3. The highest BCUT2D eigenvalue weighted by Gasteiger charge is 2.24. The highest BCUT2D eigenvalue weighted by atomic mass is 32.3. The van der Waals surface area contributed by atoms with Crippen molar-refractivity contribution in [2.75, 3.05) is 26.2 Å². The first-order valence-corrected chi connectivity index (χ1v) is 14.0. The summed E-state index contributed by atoms with van der Waals surface area (Å²) in [7, 11) is -4.67. The van der Waals surface area contributed by atoms with Gasteiger partial charge in [0.05, 0.1) is 26.2 Å². The van der Waals surface area contributed by atoms with Gasteiger partial charge < -0.3 is 20.4 Å². The number of benzene rings is 1. The van der Waals surface area contributed by atoms with E-state index in [-0.39, 0.29) is 12.2 Å². The highest BCUT2D eigenvalue weighted by molar-refractivity contribution is 7.79. The Bertz CT molecular complexity index is 710. The van der Waals surface area contributed by atoms with E-state index in [0.29, 0.717) is 0 Å². The predicted molar refractivity (Wildman–Crippen MR) is 141 cm³/mol. The zero-order valence-electron chi connectivity index (χ0n) is 22.0. The van der Waals surface area contributed by atoms with Crippen molar-refractivity contribution in [1.82, 2.24) is 0 Å². The van der Waals surface area contributed by atoms with Gasteiger partial charge in [-0.25, -0.2) is 0 Å². The summed E-state index contributed by atoms with van der Waals surface area (Å²) in [5.74, 6) is -0.860. The molecule has 0 aliphatic carbocycles. The number of quaternary nitrogens is 1. The van der Waals surface area contributed by atoms with E-state index >= 15 is 0 Å². The van der Waals surface area contributed by atoms with Crippen molar-refractivity contribution in [2.45, 2.75) is 91.5 Å². The van der Waals surface area contributed by atoms with Crippen molar-refractivity contribution in [2.24, 2.45) is 5.73 Å². The van der Waals surface area contributed by atoms with Crippen LogP contribution in [0.5, 0.6) is 5.75 Å². The van der Waals surface area contributed by atoms with Crippen LogP contribution in [-0.2, 0) is 21.6 Å². The van der Waals surface area contributed by atoms with Gasteiger partial charge in [0.15, 0.2) is 0 Å². The molecule has 0 aliphatic rings. The van der Waals surface area contributed by atoms with Crippen LogP contribution in [0.3, 0.4) is 0 Å². The Labute approximate surface area is 212 Å². The van der Waals surface area contributed by atoms with Gasteiger partial charge in [0, 0.05) is 0 Å². The first kappa shape index (κ1) is 35.4. The second-order valence-corrected chi connectivity index (χ2v) is 9.81. The Morgan fingerprint density at radius 3 is 1.40 bits per heavy atom. The number of hydrogen-bond acceptors (Lipinski definition) is 5. The zero-order valence-corrected chi connectivity index (χ0v) is 22.8. The third-order valence-electron chi connectivity index (χ3n) is 5.65. The van der Waals surface area contributed by atoms with Crippen LogP contribution in [0.1, 0.15) is 84.6 Å². The van der Waals surface area contributed by atoms with Crippen LogP contribution in [0.4, 0.5) is 0 Å². The Kier molecular flexibility index (Phi) is 20.7. The van der Waals surface area contributed by atoms with Crippen LogP contribution in [0, 0.1) is 0 Å². The molecule has 0 fully saturated rings. The molecule has 206 valence electrons. The Balaban J connectivity index is 0. The molecule has 0 bridgehead atoms. The summed E-state index contributed by atoms with van der Waals surface area (Å²) in [5.41, 5.74) is 6.12. The number of phenolic OH excluding ortho intramolecular Hbond substituents is 1. The lowest BCUT2D eigenvalue weighted by Gasteiger charge is -2.39. The molecule has 10 heteroatoms. The Morgan fingerprint density at radius 2 is 1.14 bits per heavy atom. The maximum absolute atomic E-state index is 10.4. The van der Waals surface area contributed by atoms with Gasteiger partial charge in [-0.1, -0.05) is 65.5 Å². The fourth-order valence-electron chi connectivity index (χ4n) is 3.62. The lowest BCUT2D eigenvalue weighted by molar-refractivity contribution is -0.929. The topological polar surface area (TPSA) is 158 Å². The second kappa shape index (κ2) is 20.5. The number of rotatable bonds is 15. The summed E-state index contributed by atoms with van der Waals surface area (Å²) in [6.07, 6.45) is 11.3. The molecule has 0 radical (unpaired) electrons. The molecular formula is C25H49N2O7S+. The summed E-state index contributed by atoms with van der Waals surface area (Å²) < 4.78 is 33.0. The van der Waals surface area contributed by atoms with Crippen LogP contribution >= 0.6 is 0 Å². The number of aromatic hydroxyl groups is 1. The van der Waals surface area contributed by atoms with Gasteiger partial charge in [-0.2, -0.15) is 8.42 Å². The third kappa shape index (κ3) is 22.5. The quantitative estimate of drug-likeness (QED) is 0.164. The molecule has 0 aliphatic heterocycles. The van der Waals surface area contributed by atoms with E-state index in [0.717, 1.165) is 5.56 Å². The number of carboxylic acid groups (broad SMARTS) is 1. The van der Waals surface area contributed by atoms with Crippen molar-refractivity contribution in [3.05, 3.63) is 29.8 Å². The van der Waals surface area contributed by atoms with Gasteiger partial charge in [0.1, 0.15) is 11.8 Å². The number of phenols is 1. The minimum absolute atomic E-state index is 0.160. The number of carbonyl (C=O) groups is 1. The molecule has 0 amide bonds. The van der Waals surface area contributed by atoms with E-state index in [2.05, 4.69) is 27.7 Å². The summed E-state index contributed by atoms with van der Waals surface area (Å²) in [6.45, 7) is 15.0. The van der Waals surface area contributed by atoms with E-state index in [9.17, 15) is 4.79 Å². The molecule has 0 heterocycles. The predicted octanol–water partition coefficient (Wildman–Crippen LogP) is 4.70. The standard InChI is InChI=1S/C16H36N.C9H11NO3.H2O4S/c1-5-9-13-17(14-10-6-2,15-11-7-3)16-12-8-4;10-8(9(12)13)5-6-1-3-7(11)4-2-6;1-5(2,3)4/h5-16H2,1-4H3;1-4,8,11H,5,10H2,(H,12,13);(H2,1,2,3,4)/q+1;;. The lowest BCUT2D eigenvalue weighted by Crippen LogP contribution is -2.50. The highest BCUT2D eigenvalue weighted by Crippen LogP contribution is 2.16. The molecule has 1 aromatic carbocycles. The lowest BCUT2D eigenvalue weighted by atomic mass is 10.1. The molecule has 0 saturated carbocycles. The fourth-order valence-corrected chi connectivity index (χ4v) is 3.62. The molecule has 1 rings (SSSR count). The maximum Gasteiger partial charge on any atom is 0.394 e. The van der Waals surface area contributed by atoms with Crippen LogP contribution < -0.4 is 5.73 Å². The third-order valence-corrected chi connectivity index (χ3v) is 5.65. The van der Waals surface area contributed by atoms with Crippen molar-refractivity contribution in [3.8, 4) is 5.75 Å². The molecule has 35 heavy (non-hydrogen) atoms. The second-order valence-electron chi connectivity index (χ2n) is 8.91. The van der Waals surface area contributed by atoms with Crippen molar-refractivity contribution in [3.63, 3.8) is 0 Å². The van der Waals surface area contributed by atoms with Gasteiger partial charge in [0.2, 0.25) is 0 Å². The number of aliphatic carboxylic acids is 1. The van der Waals surface area contributed by atoms with Gasteiger partial charge in [0.25, 0.3) is 0 Å². The van der Waals surface area contributed by atoms with Crippen molar-refractivity contribution >= 4 is 16.4 Å².